The number of piperazine rings is 1. The maximum atomic E-state index is 12.9. The number of carbonyl (C=O) groups is 1. The summed E-state index contributed by atoms with van der Waals surface area (Å²) in [6.07, 6.45) is 1.10. The van der Waals surface area contributed by atoms with E-state index in [1.807, 2.05) is 18.2 Å². The molecule has 0 unspecified atom stereocenters. The highest BCUT2D eigenvalue weighted by molar-refractivity contribution is 7.88. The van der Waals surface area contributed by atoms with Gasteiger partial charge in [0.05, 0.1) is 22.8 Å². The third-order valence-corrected chi connectivity index (χ3v) is 7.63. The van der Waals surface area contributed by atoms with Gasteiger partial charge in [-0.05, 0) is 35.4 Å². The summed E-state index contributed by atoms with van der Waals surface area (Å²) in [5.41, 5.74) is 1.78. The minimum Gasteiger partial charge on any atom is -0.454 e. The fraction of sp³-hybridized carbons (Fsp3) is 0.409. The standard InChI is InChI=1S/C22H25Cl2N3O5S/c1-33(29,30)27(13-16-2-4-18(23)19(24)10-16)14-22(28)26-8-6-25(7-9-26)12-17-3-5-20-21(11-17)32-15-31-20/h2-5,10-11H,6-9,12-15H2,1H3. The highest BCUT2D eigenvalue weighted by Crippen LogP contribution is 2.33. The second-order valence-electron chi connectivity index (χ2n) is 8.12. The van der Waals surface area contributed by atoms with E-state index in [-0.39, 0.29) is 25.8 Å². The number of sulfonamides is 1. The van der Waals surface area contributed by atoms with E-state index in [0.29, 0.717) is 41.8 Å². The van der Waals surface area contributed by atoms with Gasteiger partial charge < -0.3 is 14.4 Å². The van der Waals surface area contributed by atoms with Gasteiger partial charge in [0.15, 0.2) is 11.5 Å². The second-order valence-corrected chi connectivity index (χ2v) is 10.9. The summed E-state index contributed by atoms with van der Waals surface area (Å²) in [6.45, 7) is 3.28. The molecule has 8 nitrogen and oxygen atoms in total. The Kier molecular flexibility index (Phi) is 7.35. The van der Waals surface area contributed by atoms with Crippen LogP contribution in [0.3, 0.4) is 0 Å². The van der Waals surface area contributed by atoms with Crippen LogP contribution >= 0.6 is 23.2 Å². The third-order valence-electron chi connectivity index (χ3n) is 5.69. The molecule has 4 rings (SSSR count). The highest BCUT2D eigenvalue weighted by Gasteiger charge is 2.27. The molecular formula is C22H25Cl2N3O5S. The summed E-state index contributed by atoms with van der Waals surface area (Å²) in [6, 6.07) is 10.8. The zero-order valence-corrected chi connectivity index (χ0v) is 20.5. The molecule has 2 aromatic carbocycles. The summed E-state index contributed by atoms with van der Waals surface area (Å²) in [5.74, 6) is 1.29. The van der Waals surface area contributed by atoms with Crippen LogP contribution in [0, 0.1) is 0 Å². The lowest BCUT2D eigenvalue weighted by atomic mass is 10.1. The molecule has 1 amide bonds. The number of halogens is 2. The summed E-state index contributed by atoms with van der Waals surface area (Å²) < 4.78 is 36.6. The van der Waals surface area contributed by atoms with Crippen LogP contribution in [-0.4, -0.2) is 74.2 Å². The van der Waals surface area contributed by atoms with Crippen molar-refractivity contribution >= 4 is 39.1 Å². The summed E-state index contributed by atoms with van der Waals surface area (Å²) in [5, 5.41) is 0.730. The number of carbonyl (C=O) groups excluding carboxylic acids is 1. The molecule has 0 aliphatic carbocycles. The minimum absolute atomic E-state index is 0.0472. The number of ether oxygens (including phenoxy) is 2. The Morgan fingerprint density at radius 1 is 0.970 bits per heavy atom. The Morgan fingerprint density at radius 2 is 1.67 bits per heavy atom. The van der Waals surface area contributed by atoms with Crippen LogP contribution in [0.15, 0.2) is 36.4 Å². The molecule has 1 saturated heterocycles. The molecule has 2 aliphatic rings. The van der Waals surface area contributed by atoms with Crippen LogP contribution in [0.4, 0.5) is 0 Å². The van der Waals surface area contributed by atoms with Gasteiger partial charge in [0.1, 0.15) is 0 Å². The van der Waals surface area contributed by atoms with E-state index in [1.165, 1.54) is 0 Å². The molecule has 2 heterocycles. The lowest BCUT2D eigenvalue weighted by Crippen LogP contribution is -2.51. The molecule has 33 heavy (non-hydrogen) atoms. The van der Waals surface area contributed by atoms with Gasteiger partial charge in [0, 0.05) is 39.3 Å². The molecule has 0 spiro atoms. The predicted octanol–water partition coefficient (Wildman–Crippen LogP) is 2.83. The van der Waals surface area contributed by atoms with E-state index in [9.17, 15) is 13.2 Å². The van der Waals surface area contributed by atoms with Crippen molar-refractivity contribution < 1.29 is 22.7 Å². The Labute approximate surface area is 203 Å². The Bertz CT molecular complexity index is 1140. The van der Waals surface area contributed by atoms with E-state index < -0.39 is 10.0 Å². The maximum absolute atomic E-state index is 12.9. The molecule has 0 bridgehead atoms. The van der Waals surface area contributed by atoms with Crippen LogP contribution in [0.25, 0.3) is 0 Å². The van der Waals surface area contributed by atoms with Gasteiger partial charge >= 0.3 is 0 Å². The third kappa shape index (κ3) is 6.10. The molecule has 0 radical (unpaired) electrons. The maximum Gasteiger partial charge on any atom is 0.237 e. The van der Waals surface area contributed by atoms with Crippen LogP contribution in [-0.2, 0) is 27.9 Å². The van der Waals surface area contributed by atoms with E-state index in [2.05, 4.69) is 4.90 Å². The second kappa shape index (κ2) is 10.1. The van der Waals surface area contributed by atoms with Crippen LogP contribution < -0.4 is 9.47 Å². The van der Waals surface area contributed by atoms with Crippen LogP contribution in [0.5, 0.6) is 11.5 Å². The van der Waals surface area contributed by atoms with Crippen molar-refractivity contribution in [2.45, 2.75) is 13.1 Å². The van der Waals surface area contributed by atoms with Crippen molar-refractivity contribution in [2.24, 2.45) is 0 Å². The van der Waals surface area contributed by atoms with Gasteiger partial charge in [-0.1, -0.05) is 35.3 Å². The average Bonchev–Trinajstić information content (AvgIpc) is 3.23. The first kappa shape index (κ1) is 24.1. The molecule has 178 valence electrons. The normalized spacial score (nSPS) is 16.4. The van der Waals surface area contributed by atoms with Crippen molar-refractivity contribution in [1.29, 1.82) is 0 Å². The zero-order valence-electron chi connectivity index (χ0n) is 18.2. The minimum atomic E-state index is -3.60. The number of nitrogens with zero attached hydrogens (tertiary/aromatic N) is 3. The summed E-state index contributed by atoms with van der Waals surface area (Å²) >= 11 is 12.0. The molecule has 0 aromatic heterocycles. The highest BCUT2D eigenvalue weighted by atomic mass is 35.5. The fourth-order valence-electron chi connectivity index (χ4n) is 3.84. The van der Waals surface area contributed by atoms with Crippen LogP contribution in [0.2, 0.25) is 10.0 Å². The Hall–Kier alpha value is -2.04. The molecule has 0 atom stereocenters. The number of amides is 1. The average molecular weight is 514 g/mol. The van der Waals surface area contributed by atoms with Gasteiger partial charge in [-0.2, -0.15) is 4.31 Å². The summed E-state index contributed by atoms with van der Waals surface area (Å²) in [7, 11) is -3.60. The van der Waals surface area contributed by atoms with Crippen molar-refractivity contribution in [3.05, 3.63) is 57.6 Å². The first-order valence-corrected chi connectivity index (χ1v) is 13.1. The van der Waals surface area contributed by atoms with Crippen molar-refractivity contribution in [1.82, 2.24) is 14.1 Å². The predicted molar refractivity (Wildman–Crippen MR) is 126 cm³/mol. The largest absolute Gasteiger partial charge is 0.454 e. The van der Waals surface area contributed by atoms with Gasteiger partial charge in [-0.3, -0.25) is 9.69 Å². The number of benzene rings is 2. The van der Waals surface area contributed by atoms with E-state index in [1.54, 1.807) is 23.1 Å². The fourth-order valence-corrected chi connectivity index (χ4v) is 4.88. The van der Waals surface area contributed by atoms with Gasteiger partial charge in [0.2, 0.25) is 22.7 Å². The first-order chi connectivity index (χ1) is 15.7. The SMILES string of the molecule is CS(=O)(=O)N(CC(=O)N1CCN(Cc2ccc3c(c2)OCO3)CC1)Cc1ccc(Cl)c(Cl)c1. The summed E-state index contributed by atoms with van der Waals surface area (Å²) in [4.78, 5) is 16.8. The smallest absolute Gasteiger partial charge is 0.237 e. The van der Waals surface area contributed by atoms with E-state index in [0.717, 1.165) is 34.2 Å². The zero-order chi connectivity index (χ0) is 23.6. The Balaban J connectivity index is 1.32. The first-order valence-electron chi connectivity index (χ1n) is 10.5. The molecule has 1 fully saturated rings. The van der Waals surface area contributed by atoms with E-state index >= 15 is 0 Å². The monoisotopic (exact) mass is 513 g/mol. The topological polar surface area (TPSA) is 79.4 Å². The van der Waals surface area contributed by atoms with Gasteiger partial charge in [-0.25, -0.2) is 8.42 Å². The lowest BCUT2D eigenvalue weighted by molar-refractivity contribution is -0.133. The number of rotatable bonds is 7. The Morgan fingerprint density at radius 3 is 2.36 bits per heavy atom. The van der Waals surface area contributed by atoms with Crippen molar-refractivity contribution in [3.8, 4) is 11.5 Å². The quantitative estimate of drug-likeness (QED) is 0.566. The number of hydrogen-bond acceptors (Lipinski definition) is 6. The lowest BCUT2D eigenvalue weighted by Gasteiger charge is -2.35. The molecule has 2 aromatic rings. The van der Waals surface area contributed by atoms with Gasteiger partial charge in [0.25, 0.3) is 0 Å². The molecule has 0 saturated carbocycles. The molecule has 2 aliphatic heterocycles. The van der Waals surface area contributed by atoms with Gasteiger partial charge in [-0.15, -0.1) is 0 Å². The number of hydrogen-bond donors (Lipinski definition) is 0. The molecule has 11 heteroatoms. The molecular weight excluding hydrogens is 489 g/mol. The van der Waals surface area contributed by atoms with E-state index in [4.69, 9.17) is 32.7 Å². The van der Waals surface area contributed by atoms with Crippen molar-refractivity contribution in [3.63, 3.8) is 0 Å². The number of fused-ring (bicyclic) bond motifs is 1. The van der Waals surface area contributed by atoms with Crippen LogP contribution in [0.1, 0.15) is 11.1 Å². The van der Waals surface area contributed by atoms with Crippen molar-refractivity contribution in [2.75, 3.05) is 45.8 Å². The molecule has 0 N–H and O–H groups in total.